The van der Waals surface area contributed by atoms with Crippen molar-refractivity contribution in [2.75, 3.05) is 25.4 Å². The second-order valence-electron chi connectivity index (χ2n) is 1.85. The van der Waals surface area contributed by atoms with Gasteiger partial charge in [-0.1, -0.05) is 0 Å². The van der Waals surface area contributed by atoms with E-state index in [0.717, 1.165) is 0 Å². The van der Waals surface area contributed by atoms with Crippen LogP contribution in [0, 0.1) is 0 Å². The van der Waals surface area contributed by atoms with Crippen molar-refractivity contribution >= 4 is 11.1 Å². The second-order valence-corrected chi connectivity index (χ2v) is 2.90. The molecule has 0 aliphatic heterocycles. The van der Waals surface area contributed by atoms with Gasteiger partial charge in [-0.15, -0.1) is 0 Å². The fraction of sp³-hybridized carbons (Fsp3) is 1.00. The molecule has 10 heavy (non-hydrogen) atoms. The van der Waals surface area contributed by atoms with Gasteiger partial charge in [-0.25, -0.2) is 4.21 Å². The Balaban J connectivity index is 2.84. The van der Waals surface area contributed by atoms with E-state index < -0.39 is 11.1 Å². The largest absolute Gasteiger partial charge is 0.396 e. The van der Waals surface area contributed by atoms with E-state index in [-0.39, 0.29) is 12.4 Å². The van der Waals surface area contributed by atoms with Crippen molar-refractivity contribution in [3.8, 4) is 0 Å². The molecule has 0 saturated carbocycles. The van der Waals surface area contributed by atoms with Crippen LogP contribution >= 0.6 is 0 Å². The lowest BCUT2D eigenvalue weighted by atomic mass is 10.4. The molecule has 0 amide bonds. The Morgan fingerprint density at radius 1 is 1.40 bits per heavy atom. The van der Waals surface area contributed by atoms with Crippen molar-refractivity contribution in [1.82, 2.24) is 5.32 Å². The summed E-state index contributed by atoms with van der Waals surface area (Å²) in [4.78, 5) is 0. The quantitative estimate of drug-likeness (QED) is 0.357. The van der Waals surface area contributed by atoms with Crippen LogP contribution in [-0.2, 0) is 11.1 Å². The van der Waals surface area contributed by atoms with Crippen molar-refractivity contribution in [3.63, 3.8) is 0 Å². The molecule has 0 aromatic rings. The molecule has 5 heteroatoms. The molecule has 1 atom stereocenters. The summed E-state index contributed by atoms with van der Waals surface area (Å²) in [7, 11) is 0. The number of hydrogen-bond acceptors (Lipinski definition) is 3. The number of rotatable bonds is 6. The summed E-state index contributed by atoms with van der Waals surface area (Å²) in [5.41, 5.74) is 0. The molecule has 3 N–H and O–H groups in total. The average Bonchev–Trinajstić information content (AvgIpc) is 1.87. The van der Waals surface area contributed by atoms with Crippen molar-refractivity contribution in [2.45, 2.75) is 6.42 Å². The van der Waals surface area contributed by atoms with Crippen molar-refractivity contribution in [3.05, 3.63) is 0 Å². The first-order chi connectivity index (χ1) is 4.77. The molecule has 0 aliphatic carbocycles. The van der Waals surface area contributed by atoms with Crippen molar-refractivity contribution in [2.24, 2.45) is 0 Å². The van der Waals surface area contributed by atoms with Gasteiger partial charge >= 0.3 is 0 Å². The average molecular weight is 167 g/mol. The van der Waals surface area contributed by atoms with Crippen LogP contribution in [0.2, 0.25) is 0 Å². The smallest absolute Gasteiger partial charge is 0.154 e. The first-order valence-electron chi connectivity index (χ1n) is 3.16. The van der Waals surface area contributed by atoms with Crippen LogP contribution in [-0.4, -0.2) is 39.3 Å². The Bertz CT molecular complexity index is 98.9. The number of nitrogens with one attached hydrogen (secondary N) is 1. The minimum Gasteiger partial charge on any atom is -0.396 e. The molecular formula is C5H13NO3S. The lowest BCUT2D eigenvalue weighted by Gasteiger charge is -1.99. The predicted octanol–water partition coefficient (Wildman–Crippen LogP) is -0.820. The number of aliphatic hydroxyl groups is 1. The highest BCUT2D eigenvalue weighted by molar-refractivity contribution is 7.79. The fourth-order valence-corrected chi connectivity index (χ4v) is 0.807. The molecule has 0 fully saturated rings. The minimum absolute atomic E-state index is 0.162. The summed E-state index contributed by atoms with van der Waals surface area (Å²) < 4.78 is 18.3. The molecule has 0 bridgehead atoms. The maximum absolute atomic E-state index is 10.1. The molecule has 0 aromatic carbocycles. The third kappa shape index (κ3) is 8.03. The summed E-state index contributed by atoms with van der Waals surface area (Å²) in [5.74, 6) is 0.255. The molecule has 0 rings (SSSR count). The lowest BCUT2D eigenvalue weighted by molar-refractivity contribution is 0.286. The van der Waals surface area contributed by atoms with E-state index in [1.807, 2.05) is 0 Å². The van der Waals surface area contributed by atoms with E-state index in [1.54, 1.807) is 0 Å². The van der Waals surface area contributed by atoms with E-state index in [4.69, 9.17) is 9.66 Å². The highest BCUT2D eigenvalue weighted by atomic mass is 32.2. The number of hydrogen-bond donors (Lipinski definition) is 3. The highest BCUT2D eigenvalue weighted by Gasteiger charge is 1.91. The molecule has 4 nitrogen and oxygen atoms in total. The Hall–Kier alpha value is 0.0300. The van der Waals surface area contributed by atoms with E-state index in [1.165, 1.54) is 0 Å². The fourth-order valence-electron chi connectivity index (χ4n) is 0.489. The maximum atomic E-state index is 10.1. The van der Waals surface area contributed by atoms with Crippen LogP contribution in [0.5, 0.6) is 0 Å². The first-order valence-corrected chi connectivity index (χ1v) is 4.44. The van der Waals surface area contributed by atoms with Gasteiger partial charge in [0.2, 0.25) is 0 Å². The normalized spacial score (nSPS) is 13.4. The SMILES string of the molecule is O=S(O)CCNCCCO. The standard InChI is InChI=1S/C5H13NO3S/c7-4-1-2-6-3-5-10(8)9/h6-7H,1-5H2,(H,8,9). The lowest BCUT2D eigenvalue weighted by Crippen LogP contribution is -2.21. The van der Waals surface area contributed by atoms with Crippen LogP contribution in [0.15, 0.2) is 0 Å². The van der Waals surface area contributed by atoms with Crippen molar-refractivity contribution < 1.29 is 13.9 Å². The van der Waals surface area contributed by atoms with Gasteiger partial charge in [-0.2, -0.15) is 0 Å². The molecule has 0 radical (unpaired) electrons. The van der Waals surface area contributed by atoms with E-state index in [2.05, 4.69) is 5.32 Å². The zero-order valence-electron chi connectivity index (χ0n) is 5.75. The van der Waals surface area contributed by atoms with Crippen LogP contribution in [0.1, 0.15) is 6.42 Å². The van der Waals surface area contributed by atoms with E-state index in [0.29, 0.717) is 19.5 Å². The third-order valence-corrected chi connectivity index (χ3v) is 1.52. The zero-order valence-corrected chi connectivity index (χ0v) is 6.56. The molecule has 62 valence electrons. The summed E-state index contributed by atoms with van der Waals surface area (Å²) in [5, 5.41) is 11.2. The Kier molecular flexibility index (Phi) is 7.16. The Morgan fingerprint density at radius 2 is 2.10 bits per heavy atom. The maximum Gasteiger partial charge on any atom is 0.154 e. The topological polar surface area (TPSA) is 69.6 Å². The second kappa shape index (κ2) is 7.14. The van der Waals surface area contributed by atoms with Crippen LogP contribution in [0.4, 0.5) is 0 Å². The monoisotopic (exact) mass is 167 g/mol. The van der Waals surface area contributed by atoms with E-state index in [9.17, 15) is 4.21 Å². The summed E-state index contributed by atoms with van der Waals surface area (Å²) in [6.07, 6.45) is 0.693. The van der Waals surface area contributed by atoms with Gasteiger partial charge in [0.25, 0.3) is 0 Å². The van der Waals surface area contributed by atoms with Crippen LogP contribution in [0.25, 0.3) is 0 Å². The van der Waals surface area contributed by atoms with Crippen LogP contribution < -0.4 is 5.32 Å². The van der Waals surface area contributed by atoms with Gasteiger partial charge < -0.3 is 15.0 Å². The Morgan fingerprint density at radius 3 is 2.60 bits per heavy atom. The summed E-state index contributed by atoms with van der Waals surface area (Å²) in [6, 6.07) is 0. The van der Waals surface area contributed by atoms with Gasteiger partial charge in [0.1, 0.15) is 0 Å². The minimum atomic E-state index is -1.70. The van der Waals surface area contributed by atoms with Gasteiger partial charge in [0.05, 0.1) is 5.75 Å². The number of aliphatic hydroxyl groups excluding tert-OH is 1. The van der Waals surface area contributed by atoms with Crippen LogP contribution in [0.3, 0.4) is 0 Å². The summed E-state index contributed by atoms with van der Waals surface area (Å²) >= 11 is -1.70. The molecule has 0 aliphatic rings. The Labute approximate surface area is 62.9 Å². The van der Waals surface area contributed by atoms with Gasteiger partial charge in [-0.3, -0.25) is 0 Å². The molecule has 1 unspecified atom stereocenters. The summed E-state index contributed by atoms with van der Waals surface area (Å²) in [6.45, 7) is 1.39. The van der Waals surface area contributed by atoms with Gasteiger partial charge in [-0.05, 0) is 13.0 Å². The zero-order chi connectivity index (χ0) is 7.82. The molecule has 0 aromatic heterocycles. The molecule has 0 heterocycles. The molecule has 0 spiro atoms. The highest BCUT2D eigenvalue weighted by Crippen LogP contribution is 1.73. The first kappa shape index (κ1) is 10.0. The molecular weight excluding hydrogens is 154 g/mol. The third-order valence-electron chi connectivity index (χ3n) is 0.965. The van der Waals surface area contributed by atoms with Gasteiger partial charge in [0, 0.05) is 13.2 Å². The molecule has 0 saturated heterocycles. The van der Waals surface area contributed by atoms with Crippen molar-refractivity contribution in [1.29, 1.82) is 0 Å². The predicted molar refractivity (Wildman–Crippen MR) is 40.2 cm³/mol. The van der Waals surface area contributed by atoms with Gasteiger partial charge in [0.15, 0.2) is 11.1 Å². The van der Waals surface area contributed by atoms with E-state index >= 15 is 0 Å².